The summed E-state index contributed by atoms with van der Waals surface area (Å²) in [5.41, 5.74) is 0.359. The molecule has 0 aromatic rings. The topological polar surface area (TPSA) is 9.72 Å². The van der Waals surface area contributed by atoms with Crippen LogP contribution in [0, 0.1) is 17.8 Å². The van der Waals surface area contributed by atoms with E-state index in [0.717, 1.165) is 17.8 Å². The van der Waals surface area contributed by atoms with E-state index in [-0.39, 0.29) is 0 Å². The van der Waals surface area contributed by atoms with Crippen LogP contribution in [0.2, 0.25) is 0 Å². The summed E-state index contributed by atoms with van der Waals surface area (Å²) in [5, 5.41) is 0.708. The van der Waals surface area contributed by atoms with Crippen molar-refractivity contribution in [2.45, 2.75) is 38.6 Å². The van der Waals surface area contributed by atoms with E-state index in [4.69, 9.17) is 0 Å². The Balaban J connectivity index is 1.41. The van der Waals surface area contributed by atoms with Crippen LogP contribution in [0.5, 0.6) is 0 Å². The predicted molar refractivity (Wildman–Crippen MR) is 92.8 cm³/mol. The highest BCUT2D eigenvalue weighted by molar-refractivity contribution is 7.99. The number of thioether (sulfide) groups is 1. The number of hydrogen-bond acceptors (Lipinski definition) is 4. The van der Waals surface area contributed by atoms with Gasteiger partial charge in [0.2, 0.25) is 0 Å². The number of likely N-dealkylation sites (tertiary alicyclic amines) is 3. The Kier molecular flexibility index (Phi) is 4.62. The zero-order valence-electron chi connectivity index (χ0n) is 14.5. The summed E-state index contributed by atoms with van der Waals surface area (Å²) in [6, 6.07) is 0. The van der Waals surface area contributed by atoms with Crippen LogP contribution in [0.4, 0.5) is 0 Å². The van der Waals surface area contributed by atoms with Gasteiger partial charge in [0.15, 0.2) is 0 Å². The monoisotopic (exact) mass is 311 g/mol. The molecule has 3 heterocycles. The van der Waals surface area contributed by atoms with Gasteiger partial charge in [0, 0.05) is 51.4 Å². The number of hydrogen-bond donors (Lipinski definition) is 0. The lowest BCUT2D eigenvalue weighted by Crippen LogP contribution is -2.53. The van der Waals surface area contributed by atoms with Crippen LogP contribution in [-0.2, 0) is 0 Å². The third-order valence-corrected chi connectivity index (χ3v) is 6.85. The maximum atomic E-state index is 2.76. The van der Waals surface area contributed by atoms with Gasteiger partial charge in [-0.05, 0) is 51.7 Å². The molecule has 0 spiro atoms. The Morgan fingerprint density at radius 3 is 2.05 bits per heavy atom. The molecule has 3 aliphatic heterocycles. The van der Waals surface area contributed by atoms with Crippen molar-refractivity contribution in [2.75, 3.05) is 52.1 Å². The zero-order chi connectivity index (χ0) is 15.2. The molecule has 0 N–H and O–H groups in total. The summed E-state index contributed by atoms with van der Waals surface area (Å²) in [6.45, 7) is 18.8. The minimum absolute atomic E-state index is 0.359. The van der Waals surface area contributed by atoms with E-state index in [1.807, 2.05) is 11.8 Å². The van der Waals surface area contributed by atoms with Crippen molar-refractivity contribution < 1.29 is 0 Å². The van der Waals surface area contributed by atoms with Gasteiger partial charge in [-0.15, -0.1) is 11.8 Å². The van der Waals surface area contributed by atoms with Gasteiger partial charge in [0.1, 0.15) is 0 Å². The standard InChI is InChI=1S/C17H33N3S/c1-13(21-5)19-7-14(8-19)6-18-9-15-11-20(17(2,3)4)12-16(15)10-18/h13-16H,6-12H2,1-5H3. The predicted octanol–water partition coefficient (Wildman–Crippen LogP) is 2.29. The minimum Gasteiger partial charge on any atom is -0.302 e. The van der Waals surface area contributed by atoms with E-state index in [2.05, 4.69) is 48.7 Å². The summed E-state index contributed by atoms with van der Waals surface area (Å²) >= 11 is 1.98. The summed E-state index contributed by atoms with van der Waals surface area (Å²) < 4.78 is 0. The van der Waals surface area contributed by atoms with E-state index in [1.54, 1.807) is 0 Å². The first-order chi connectivity index (χ1) is 9.86. The number of nitrogens with zero attached hydrogens (tertiary/aromatic N) is 3. The van der Waals surface area contributed by atoms with E-state index in [9.17, 15) is 0 Å². The van der Waals surface area contributed by atoms with Crippen LogP contribution in [0.3, 0.4) is 0 Å². The van der Waals surface area contributed by atoms with Crippen molar-refractivity contribution in [1.82, 2.24) is 14.7 Å². The molecule has 0 bridgehead atoms. The average molecular weight is 312 g/mol. The van der Waals surface area contributed by atoms with Crippen molar-refractivity contribution in [1.29, 1.82) is 0 Å². The van der Waals surface area contributed by atoms with Crippen LogP contribution in [0.1, 0.15) is 27.7 Å². The summed E-state index contributed by atoms with van der Waals surface area (Å²) in [6.07, 6.45) is 2.22. The van der Waals surface area contributed by atoms with Crippen LogP contribution >= 0.6 is 11.8 Å². The van der Waals surface area contributed by atoms with Gasteiger partial charge in [0.05, 0.1) is 5.37 Å². The van der Waals surface area contributed by atoms with Crippen molar-refractivity contribution in [3.05, 3.63) is 0 Å². The maximum Gasteiger partial charge on any atom is 0.0526 e. The molecule has 3 fully saturated rings. The molecule has 21 heavy (non-hydrogen) atoms. The SMILES string of the molecule is CSC(C)N1CC(CN2CC3CN(C(C)(C)C)CC3C2)C1. The lowest BCUT2D eigenvalue weighted by atomic mass is 10.00. The molecule has 0 aromatic heterocycles. The van der Waals surface area contributed by atoms with E-state index in [0.29, 0.717) is 10.9 Å². The van der Waals surface area contributed by atoms with Crippen LogP contribution in [0.25, 0.3) is 0 Å². The Hall–Kier alpha value is 0.230. The van der Waals surface area contributed by atoms with Gasteiger partial charge in [-0.25, -0.2) is 0 Å². The van der Waals surface area contributed by atoms with Crippen molar-refractivity contribution in [2.24, 2.45) is 17.8 Å². The largest absolute Gasteiger partial charge is 0.302 e. The molecule has 4 heteroatoms. The lowest BCUT2D eigenvalue weighted by Gasteiger charge is -2.44. The summed E-state index contributed by atoms with van der Waals surface area (Å²) in [4.78, 5) is 8.08. The van der Waals surface area contributed by atoms with Crippen LogP contribution < -0.4 is 0 Å². The number of fused-ring (bicyclic) bond motifs is 1. The molecular formula is C17H33N3S. The molecule has 3 nitrogen and oxygen atoms in total. The molecule has 3 rings (SSSR count). The van der Waals surface area contributed by atoms with Gasteiger partial charge in [-0.1, -0.05) is 0 Å². The molecule has 0 amide bonds. The second-order valence-electron chi connectivity index (χ2n) is 8.47. The first-order valence-corrected chi connectivity index (χ1v) is 9.90. The highest BCUT2D eigenvalue weighted by Crippen LogP contribution is 2.35. The first kappa shape index (κ1) is 16.1. The molecular weight excluding hydrogens is 278 g/mol. The highest BCUT2D eigenvalue weighted by Gasteiger charge is 2.43. The van der Waals surface area contributed by atoms with Crippen molar-refractivity contribution in [3.8, 4) is 0 Å². The van der Waals surface area contributed by atoms with Crippen molar-refractivity contribution in [3.63, 3.8) is 0 Å². The van der Waals surface area contributed by atoms with Gasteiger partial charge >= 0.3 is 0 Å². The third-order valence-electron chi connectivity index (χ3n) is 5.87. The molecule has 0 saturated carbocycles. The quantitative estimate of drug-likeness (QED) is 0.788. The highest BCUT2D eigenvalue weighted by atomic mass is 32.2. The Morgan fingerprint density at radius 2 is 1.57 bits per heavy atom. The second-order valence-corrected chi connectivity index (χ2v) is 9.62. The normalized spacial score (nSPS) is 34.1. The van der Waals surface area contributed by atoms with Gasteiger partial charge in [-0.3, -0.25) is 9.80 Å². The Labute approximate surface area is 135 Å². The molecule has 3 saturated heterocycles. The van der Waals surface area contributed by atoms with E-state index in [1.165, 1.54) is 45.8 Å². The Bertz CT molecular complexity index is 348. The second kappa shape index (κ2) is 6.03. The van der Waals surface area contributed by atoms with Crippen LogP contribution in [-0.4, -0.2) is 77.7 Å². The Morgan fingerprint density at radius 1 is 1.00 bits per heavy atom. The van der Waals surface area contributed by atoms with Crippen molar-refractivity contribution >= 4 is 11.8 Å². The third kappa shape index (κ3) is 3.44. The zero-order valence-corrected chi connectivity index (χ0v) is 15.3. The maximum absolute atomic E-state index is 2.76. The van der Waals surface area contributed by atoms with Crippen LogP contribution in [0.15, 0.2) is 0 Å². The molecule has 122 valence electrons. The summed E-state index contributed by atoms with van der Waals surface area (Å²) in [5.74, 6) is 2.80. The summed E-state index contributed by atoms with van der Waals surface area (Å²) in [7, 11) is 0. The fraction of sp³-hybridized carbons (Fsp3) is 1.00. The smallest absolute Gasteiger partial charge is 0.0526 e. The van der Waals surface area contributed by atoms with Gasteiger partial charge < -0.3 is 4.90 Å². The fourth-order valence-corrected chi connectivity index (χ4v) is 4.79. The average Bonchev–Trinajstić information content (AvgIpc) is 2.89. The molecule has 3 unspecified atom stereocenters. The molecule has 0 aliphatic carbocycles. The fourth-order valence-electron chi connectivity index (χ4n) is 4.32. The molecule has 0 radical (unpaired) electrons. The molecule has 3 atom stereocenters. The molecule has 3 aliphatic rings. The molecule has 0 aromatic carbocycles. The van der Waals surface area contributed by atoms with E-state index < -0.39 is 0 Å². The van der Waals surface area contributed by atoms with E-state index >= 15 is 0 Å². The first-order valence-electron chi connectivity index (χ1n) is 8.61. The van der Waals surface area contributed by atoms with Gasteiger partial charge in [-0.2, -0.15) is 0 Å². The minimum atomic E-state index is 0.359. The number of rotatable bonds is 4. The van der Waals surface area contributed by atoms with Gasteiger partial charge in [0.25, 0.3) is 0 Å². The lowest BCUT2D eigenvalue weighted by molar-refractivity contribution is 0.0637.